The average Bonchev–Trinajstić information content (AvgIpc) is 3.05. The summed E-state index contributed by atoms with van der Waals surface area (Å²) in [6.07, 6.45) is 3.82. The summed E-state index contributed by atoms with van der Waals surface area (Å²) in [5, 5.41) is 10.2. The number of nitrogens with zero attached hydrogens (tertiary/aromatic N) is 5. The topological polar surface area (TPSA) is 69.2 Å². The molecule has 3 heterocycles. The molecule has 0 N–H and O–H groups in total. The van der Waals surface area contributed by atoms with Gasteiger partial charge in [0.05, 0.1) is 17.8 Å². The van der Waals surface area contributed by atoms with Crippen LogP contribution in [-0.4, -0.2) is 57.1 Å². The maximum atomic E-state index is 6.38. The third kappa shape index (κ3) is 3.75. The monoisotopic (exact) mass is 459 g/mol. The minimum Gasteiger partial charge on any atom is -0.495 e. The first-order valence-electron chi connectivity index (χ1n) is 10.5. The zero-order chi connectivity index (χ0) is 21.6. The predicted octanol–water partition coefficient (Wildman–Crippen LogP) is 4.20. The lowest BCUT2D eigenvalue weighted by molar-refractivity contribution is 0.299. The Hall–Kier alpha value is -2.03. The molecule has 3 aromatic rings. The van der Waals surface area contributed by atoms with Gasteiger partial charge in [0.25, 0.3) is 0 Å². The summed E-state index contributed by atoms with van der Waals surface area (Å²) in [6, 6.07) is 6.28. The maximum absolute atomic E-state index is 6.38. The molecule has 7 nitrogen and oxygen atoms in total. The van der Waals surface area contributed by atoms with E-state index in [1.165, 1.54) is 24.9 Å². The van der Waals surface area contributed by atoms with Crippen LogP contribution in [0.25, 0.3) is 11.6 Å². The molecule has 1 aromatic carbocycles. The van der Waals surface area contributed by atoms with Crippen LogP contribution >= 0.6 is 23.4 Å². The summed E-state index contributed by atoms with van der Waals surface area (Å²) >= 11 is 8.11. The summed E-state index contributed by atoms with van der Waals surface area (Å²) in [4.78, 5) is 6.73. The molecule has 0 spiro atoms. The molecule has 0 bridgehead atoms. The zero-order valence-corrected chi connectivity index (χ0v) is 19.5. The van der Waals surface area contributed by atoms with Crippen molar-refractivity contribution in [3.8, 4) is 17.3 Å². The van der Waals surface area contributed by atoms with Crippen molar-refractivity contribution in [1.82, 2.24) is 24.6 Å². The van der Waals surface area contributed by atoms with E-state index in [4.69, 9.17) is 20.8 Å². The first-order valence-corrected chi connectivity index (χ1v) is 11.9. The molecule has 5 rings (SSSR count). The number of aromatic nitrogens is 4. The third-order valence-electron chi connectivity index (χ3n) is 6.58. The molecule has 1 saturated carbocycles. The third-order valence-corrected chi connectivity index (χ3v) is 7.98. The molecule has 2 fully saturated rings. The summed E-state index contributed by atoms with van der Waals surface area (Å²) in [6.45, 7) is 5.30. The van der Waals surface area contributed by atoms with E-state index in [2.05, 4.69) is 32.2 Å². The quantitative estimate of drug-likeness (QED) is 0.369. The van der Waals surface area contributed by atoms with Crippen LogP contribution in [0.15, 0.2) is 34.2 Å². The zero-order valence-electron chi connectivity index (χ0n) is 18.0. The van der Waals surface area contributed by atoms with Crippen LogP contribution < -0.4 is 4.74 Å². The van der Waals surface area contributed by atoms with Crippen molar-refractivity contribution in [2.24, 2.45) is 13.0 Å². The number of thioether (sulfide) groups is 1. The van der Waals surface area contributed by atoms with Gasteiger partial charge in [0, 0.05) is 31.3 Å². The van der Waals surface area contributed by atoms with Gasteiger partial charge in [0.1, 0.15) is 5.75 Å². The predicted molar refractivity (Wildman–Crippen MR) is 121 cm³/mol. The number of rotatable bonds is 8. The van der Waals surface area contributed by atoms with Gasteiger partial charge >= 0.3 is 0 Å². The van der Waals surface area contributed by atoms with Crippen molar-refractivity contribution in [3.63, 3.8) is 0 Å². The van der Waals surface area contributed by atoms with Crippen molar-refractivity contribution in [2.75, 3.05) is 32.5 Å². The van der Waals surface area contributed by atoms with Crippen LogP contribution in [0, 0.1) is 12.8 Å². The lowest BCUT2D eigenvalue weighted by Gasteiger charge is -2.21. The summed E-state index contributed by atoms with van der Waals surface area (Å²) in [7, 11) is 3.63. The van der Waals surface area contributed by atoms with Gasteiger partial charge < -0.3 is 18.6 Å². The second-order valence-electron chi connectivity index (χ2n) is 8.48. The molecule has 1 aliphatic heterocycles. The Morgan fingerprint density at radius 3 is 2.97 bits per heavy atom. The fourth-order valence-corrected chi connectivity index (χ4v) is 5.88. The fraction of sp³-hybridized carbons (Fsp3) is 0.500. The number of likely N-dealkylation sites (tertiary alicyclic amines) is 1. The molecule has 1 aliphatic carbocycles. The lowest BCUT2D eigenvalue weighted by atomic mass is 9.95. The highest BCUT2D eigenvalue weighted by Crippen LogP contribution is 2.59. The van der Waals surface area contributed by atoms with E-state index in [0.29, 0.717) is 10.8 Å². The molecule has 2 aliphatic rings. The van der Waals surface area contributed by atoms with Crippen molar-refractivity contribution in [3.05, 3.63) is 40.9 Å². The van der Waals surface area contributed by atoms with E-state index in [1.807, 2.05) is 24.6 Å². The number of halogens is 1. The molecular formula is C22H26ClN5O2S. The normalized spacial score (nSPS) is 22.6. The Balaban J connectivity index is 1.13. The fourth-order valence-electron chi connectivity index (χ4n) is 4.79. The van der Waals surface area contributed by atoms with Crippen LogP contribution in [0.3, 0.4) is 0 Å². The Morgan fingerprint density at radius 1 is 1.35 bits per heavy atom. The second-order valence-corrected chi connectivity index (χ2v) is 9.95. The van der Waals surface area contributed by atoms with Crippen molar-refractivity contribution in [1.29, 1.82) is 0 Å². The Morgan fingerprint density at radius 2 is 2.23 bits per heavy atom. The van der Waals surface area contributed by atoms with Crippen molar-refractivity contribution in [2.45, 2.75) is 30.3 Å². The molecule has 31 heavy (non-hydrogen) atoms. The molecule has 2 aromatic heterocycles. The van der Waals surface area contributed by atoms with Gasteiger partial charge in [0.15, 0.2) is 17.3 Å². The number of methoxy groups -OCH3 is 1. The standard InChI is InChI=1S/C22H26ClN5O2S/c1-14-19(30-13-24-14)20-25-26-21(27(20)2)31-8-4-7-28-11-16-10-22(16,12-28)15-5-6-18(29-3)17(23)9-15/h5-6,9,13,16H,4,7-8,10-12H2,1-3H3/t16-,22+/m1/s1. The minimum absolute atomic E-state index is 0.288. The number of hydrogen-bond acceptors (Lipinski definition) is 7. The molecule has 0 radical (unpaired) electrons. The minimum atomic E-state index is 0.288. The molecule has 0 unspecified atom stereocenters. The van der Waals surface area contributed by atoms with Crippen LogP contribution in [-0.2, 0) is 12.5 Å². The first-order chi connectivity index (χ1) is 15.0. The van der Waals surface area contributed by atoms with E-state index in [9.17, 15) is 0 Å². The summed E-state index contributed by atoms with van der Waals surface area (Å²) in [5.74, 6) is 3.90. The van der Waals surface area contributed by atoms with Gasteiger partial charge in [-0.05, 0) is 49.9 Å². The van der Waals surface area contributed by atoms with E-state index in [-0.39, 0.29) is 5.41 Å². The van der Waals surface area contributed by atoms with Crippen molar-refractivity contribution < 1.29 is 9.15 Å². The van der Waals surface area contributed by atoms with Gasteiger partial charge in [-0.25, -0.2) is 4.98 Å². The summed E-state index contributed by atoms with van der Waals surface area (Å²) < 4.78 is 12.7. The highest BCUT2D eigenvalue weighted by atomic mass is 35.5. The number of piperidine rings is 1. The van der Waals surface area contributed by atoms with E-state index in [1.54, 1.807) is 18.9 Å². The molecule has 164 valence electrons. The number of oxazole rings is 1. The van der Waals surface area contributed by atoms with Crippen LogP contribution in [0.1, 0.15) is 24.1 Å². The average molecular weight is 460 g/mol. The van der Waals surface area contributed by atoms with E-state index < -0.39 is 0 Å². The number of fused-ring (bicyclic) bond motifs is 1. The highest BCUT2D eigenvalue weighted by molar-refractivity contribution is 7.99. The van der Waals surface area contributed by atoms with Gasteiger partial charge in [-0.15, -0.1) is 10.2 Å². The largest absolute Gasteiger partial charge is 0.495 e. The maximum Gasteiger partial charge on any atom is 0.202 e. The second kappa shape index (κ2) is 8.15. The number of benzene rings is 1. The molecule has 1 saturated heterocycles. The smallest absolute Gasteiger partial charge is 0.202 e. The van der Waals surface area contributed by atoms with Crippen LogP contribution in [0.4, 0.5) is 0 Å². The molecule has 9 heteroatoms. The first kappa shape index (κ1) is 20.8. The van der Waals surface area contributed by atoms with E-state index >= 15 is 0 Å². The number of hydrogen-bond donors (Lipinski definition) is 0. The van der Waals surface area contributed by atoms with Gasteiger partial charge in [-0.2, -0.15) is 0 Å². The molecule has 0 amide bonds. The van der Waals surface area contributed by atoms with E-state index in [0.717, 1.165) is 53.6 Å². The molecule has 2 atom stereocenters. The Bertz CT molecular complexity index is 1100. The van der Waals surface area contributed by atoms with Crippen molar-refractivity contribution >= 4 is 23.4 Å². The number of aryl methyl sites for hydroxylation is 1. The van der Waals surface area contributed by atoms with Gasteiger partial charge in [-0.1, -0.05) is 29.4 Å². The number of ether oxygens (including phenoxy) is 1. The van der Waals surface area contributed by atoms with Gasteiger partial charge in [-0.3, -0.25) is 0 Å². The lowest BCUT2D eigenvalue weighted by Crippen LogP contribution is -2.27. The summed E-state index contributed by atoms with van der Waals surface area (Å²) in [5.41, 5.74) is 2.47. The Labute approximate surface area is 191 Å². The molecular weight excluding hydrogens is 434 g/mol. The SMILES string of the molecule is COc1ccc([C@@]23C[C@@H]2CN(CCCSc2nnc(-c4ocnc4C)n2C)C3)cc1Cl. The van der Waals surface area contributed by atoms with Gasteiger partial charge in [0.2, 0.25) is 5.82 Å². The Kier molecular flexibility index (Phi) is 5.48. The van der Waals surface area contributed by atoms with Crippen LogP contribution in [0.5, 0.6) is 5.75 Å². The highest BCUT2D eigenvalue weighted by Gasteiger charge is 2.60. The van der Waals surface area contributed by atoms with Crippen LogP contribution in [0.2, 0.25) is 5.02 Å².